The largest absolute Gasteiger partial charge is 0.395 e. The lowest BCUT2D eigenvalue weighted by Gasteiger charge is -2.31. The minimum Gasteiger partial charge on any atom is -0.395 e. The third-order valence-corrected chi connectivity index (χ3v) is 4.27. The molecule has 0 spiro atoms. The van der Waals surface area contributed by atoms with E-state index in [-0.39, 0.29) is 6.61 Å². The Bertz CT molecular complexity index is 542. The Morgan fingerprint density at radius 3 is 2.10 bits per heavy atom. The molecule has 0 aromatic heterocycles. The summed E-state index contributed by atoms with van der Waals surface area (Å²) in [5, 5.41) is 9.95. The van der Waals surface area contributed by atoms with E-state index >= 15 is 0 Å². The summed E-state index contributed by atoms with van der Waals surface area (Å²) < 4.78 is 0. The van der Waals surface area contributed by atoms with Crippen molar-refractivity contribution in [1.29, 1.82) is 0 Å². The maximum absolute atomic E-state index is 9.95. The number of aliphatic hydroxyl groups excluding tert-OH is 1. The van der Waals surface area contributed by atoms with Gasteiger partial charge in [-0.1, -0.05) is 68.4 Å². The van der Waals surface area contributed by atoms with Crippen molar-refractivity contribution in [1.82, 2.24) is 0 Å². The molecule has 0 aliphatic carbocycles. The predicted molar refractivity (Wildman–Crippen MR) is 88.5 cm³/mol. The van der Waals surface area contributed by atoms with E-state index in [1.807, 2.05) is 30.3 Å². The van der Waals surface area contributed by atoms with Gasteiger partial charge in [0.1, 0.15) is 0 Å². The van der Waals surface area contributed by atoms with Crippen molar-refractivity contribution in [2.45, 2.75) is 31.6 Å². The molecule has 0 aliphatic heterocycles. The molecule has 0 amide bonds. The average molecular weight is 283 g/mol. The molecule has 1 unspecified atom stereocenters. The number of rotatable bonds is 6. The van der Waals surface area contributed by atoms with Crippen molar-refractivity contribution in [3.05, 3.63) is 71.3 Å². The first-order valence-corrected chi connectivity index (χ1v) is 7.56. The Hall–Kier alpha value is -1.64. The fourth-order valence-electron chi connectivity index (χ4n) is 2.71. The van der Waals surface area contributed by atoms with Crippen LogP contribution in [0.1, 0.15) is 36.5 Å². The van der Waals surface area contributed by atoms with Gasteiger partial charge >= 0.3 is 0 Å². The third kappa shape index (κ3) is 3.52. The minimum atomic E-state index is -0.402. The first-order valence-electron chi connectivity index (χ1n) is 7.56. The molecular formula is C19H25NO. The zero-order valence-corrected chi connectivity index (χ0v) is 12.9. The lowest BCUT2D eigenvalue weighted by atomic mass is 9.76. The second-order valence-corrected chi connectivity index (χ2v) is 6.08. The number of hydrogen-bond donors (Lipinski definition) is 2. The van der Waals surface area contributed by atoms with Crippen molar-refractivity contribution >= 4 is 0 Å². The van der Waals surface area contributed by atoms with Crippen LogP contribution in [0.25, 0.3) is 0 Å². The highest BCUT2D eigenvalue weighted by molar-refractivity contribution is 5.32. The van der Waals surface area contributed by atoms with E-state index in [4.69, 9.17) is 5.73 Å². The summed E-state index contributed by atoms with van der Waals surface area (Å²) in [6.07, 6.45) is 0.752. The Labute approximate surface area is 127 Å². The zero-order valence-electron chi connectivity index (χ0n) is 12.9. The molecule has 1 atom stereocenters. The fraction of sp³-hybridized carbons (Fsp3) is 0.368. The molecule has 2 rings (SSSR count). The van der Waals surface area contributed by atoms with Crippen LogP contribution in [0.4, 0.5) is 0 Å². The first-order chi connectivity index (χ1) is 10.1. The summed E-state index contributed by atoms with van der Waals surface area (Å²) in [5.74, 6) is 0.533. The van der Waals surface area contributed by atoms with Gasteiger partial charge in [-0.25, -0.2) is 0 Å². The number of hydrogen-bond acceptors (Lipinski definition) is 2. The van der Waals surface area contributed by atoms with Crippen LogP contribution in [0.15, 0.2) is 54.6 Å². The molecule has 0 bridgehead atoms. The summed E-state index contributed by atoms with van der Waals surface area (Å²) in [6, 6.07) is 18.7. The van der Waals surface area contributed by atoms with Gasteiger partial charge in [0.25, 0.3) is 0 Å². The van der Waals surface area contributed by atoms with Gasteiger partial charge < -0.3 is 10.8 Å². The predicted octanol–water partition coefficient (Wildman–Crippen LogP) is 3.24. The Morgan fingerprint density at radius 2 is 1.62 bits per heavy atom. The van der Waals surface area contributed by atoms with Gasteiger partial charge in [-0.2, -0.15) is 0 Å². The van der Waals surface area contributed by atoms with Crippen LogP contribution in [-0.2, 0) is 11.8 Å². The lowest BCUT2D eigenvalue weighted by molar-refractivity contribution is 0.196. The van der Waals surface area contributed by atoms with Crippen molar-refractivity contribution in [2.75, 3.05) is 13.2 Å². The van der Waals surface area contributed by atoms with Crippen molar-refractivity contribution < 1.29 is 5.11 Å². The van der Waals surface area contributed by atoms with Gasteiger partial charge in [-0.05, 0) is 29.0 Å². The van der Waals surface area contributed by atoms with E-state index in [1.54, 1.807) is 0 Å². The highest BCUT2D eigenvalue weighted by atomic mass is 16.3. The van der Waals surface area contributed by atoms with Crippen molar-refractivity contribution in [3.63, 3.8) is 0 Å². The fourth-order valence-corrected chi connectivity index (χ4v) is 2.71. The van der Waals surface area contributed by atoms with Crippen molar-refractivity contribution in [3.8, 4) is 0 Å². The second kappa shape index (κ2) is 6.88. The van der Waals surface area contributed by atoms with E-state index in [9.17, 15) is 5.11 Å². The van der Waals surface area contributed by atoms with Gasteiger partial charge in [-0.3, -0.25) is 0 Å². The number of aliphatic hydroxyl groups is 1. The maximum atomic E-state index is 9.95. The molecule has 3 N–H and O–H groups in total. The summed E-state index contributed by atoms with van der Waals surface area (Å²) in [7, 11) is 0. The van der Waals surface area contributed by atoms with E-state index in [1.165, 1.54) is 11.1 Å². The molecule has 2 aromatic rings. The quantitative estimate of drug-likeness (QED) is 0.855. The van der Waals surface area contributed by atoms with E-state index < -0.39 is 5.41 Å². The summed E-state index contributed by atoms with van der Waals surface area (Å²) in [5.41, 5.74) is 9.26. The van der Waals surface area contributed by atoms with Crippen LogP contribution in [0.5, 0.6) is 0 Å². The van der Waals surface area contributed by atoms with Gasteiger partial charge in [-0.15, -0.1) is 0 Å². The van der Waals surface area contributed by atoms with Crippen LogP contribution in [-0.4, -0.2) is 18.3 Å². The molecule has 112 valence electrons. The topological polar surface area (TPSA) is 46.2 Å². The second-order valence-electron chi connectivity index (χ2n) is 6.08. The van der Waals surface area contributed by atoms with Crippen LogP contribution in [0.2, 0.25) is 0 Å². The minimum absolute atomic E-state index is 0.0550. The van der Waals surface area contributed by atoms with Gasteiger partial charge in [0.2, 0.25) is 0 Å². The normalized spacial score (nSPS) is 14.1. The molecule has 0 saturated heterocycles. The van der Waals surface area contributed by atoms with Crippen LogP contribution in [0.3, 0.4) is 0 Å². The third-order valence-electron chi connectivity index (χ3n) is 4.27. The first kappa shape index (κ1) is 15.7. The number of nitrogens with two attached hydrogens (primary N) is 1. The highest BCUT2D eigenvalue weighted by Crippen LogP contribution is 2.28. The van der Waals surface area contributed by atoms with Gasteiger partial charge in [0, 0.05) is 12.0 Å². The van der Waals surface area contributed by atoms with Gasteiger partial charge in [0.05, 0.1) is 6.61 Å². The zero-order chi connectivity index (χ0) is 15.3. The summed E-state index contributed by atoms with van der Waals surface area (Å²) in [6.45, 7) is 4.87. The summed E-state index contributed by atoms with van der Waals surface area (Å²) in [4.78, 5) is 0. The highest BCUT2D eigenvalue weighted by Gasteiger charge is 2.30. The van der Waals surface area contributed by atoms with Crippen LogP contribution < -0.4 is 5.73 Å². The summed E-state index contributed by atoms with van der Waals surface area (Å²) >= 11 is 0. The van der Waals surface area contributed by atoms with E-state index in [2.05, 4.69) is 38.1 Å². The van der Waals surface area contributed by atoms with E-state index in [0.29, 0.717) is 12.5 Å². The monoisotopic (exact) mass is 283 g/mol. The standard InChI is InChI=1S/C19H25NO/c1-15(2)17-10-8-16(9-11-17)12-19(13-20,14-21)18-6-4-3-5-7-18/h3-11,15,21H,12-14,20H2,1-2H3. The number of benzene rings is 2. The lowest BCUT2D eigenvalue weighted by Crippen LogP contribution is -2.41. The SMILES string of the molecule is CC(C)c1ccc(CC(CN)(CO)c2ccccc2)cc1. The van der Waals surface area contributed by atoms with Gasteiger partial charge in [0.15, 0.2) is 0 Å². The Balaban J connectivity index is 2.28. The van der Waals surface area contributed by atoms with Crippen molar-refractivity contribution in [2.24, 2.45) is 5.73 Å². The molecule has 2 nitrogen and oxygen atoms in total. The molecule has 0 saturated carbocycles. The smallest absolute Gasteiger partial charge is 0.0543 e. The van der Waals surface area contributed by atoms with Crippen LogP contribution >= 0.6 is 0 Å². The Morgan fingerprint density at radius 1 is 1.00 bits per heavy atom. The molecule has 2 heteroatoms. The average Bonchev–Trinajstić information content (AvgIpc) is 2.54. The molecule has 21 heavy (non-hydrogen) atoms. The molecular weight excluding hydrogens is 258 g/mol. The van der Waals surface area contributed by atoms with Crippen LogP contribution in [0, 0.1) is 0 Å². The molecule has 0 aliphatic rings. The molecule has 2 aromatic carbocycles. The molecule has 0 heterocycles. The molecule has 0 fully saturated rings. The molecule has 0 radical (unpaired) electrons. The Kier molecular flexibility index (Phi) is 5.16. The van der Waals surface area contributed by atoms with E-state index in [0.717, 1.165) is 12.0 Å². The maximum Gasteiger partial charge on any atom is 0.0543 e.